The zero-order valence-electron chi connectivity index (χ0n) is 9.78. The second-order valence-electron chi connectivity index (χ2n) is 4.59. The molecule has 0 radical (unpaired) electrons. The van der Waals surface area contributed by atoms with Crippen LogP contribution >= 0.6 is 0 Å². The van der Waals surface area contributed by atoms with Crippen LogP contribution in [-0.2, 0) is 0 Å². The SMILES string of the molecule is CCCC(N)c1n[nH]c(=O)n1C1CCCC1. The maximum atomic E-state index is 11.7. The van der Waals surface area contributed by atoms with Gasteiger partial charge in [-0.2, -0.15) is 5.10 Å². The highest BCUT2D eigenvalue weighted by Crippen LogP contribution is 2.30. The maximum Gasteiger partial charge on any atom is 0.343 e. The van der Waals surface area contributed by atoms with E-state index in [0.717, 1.165) is 31.5 Å². The first kappa shape index (κ1) is 11.4. The minimum absolute atomic E-state index is 0.103. The summed E-state index contributed by atoms with van der Waals surface area (Å²) < 4.78 is 1.79. The predicted molar refractivity (Wildman–Crippen MR) is 62.2 cm³/mol. The Labute approximate surface area is 95.0 Å². The van der Waals surface area contributed by atoms with Crippen molar-refractivity contribution in [3.63, 3.8) is 0 Å². The Bertz CT molecular complexity index is 389. The molecule has 1 fully saturated rings. The van der Waals surface area contributed by atoms with Crippen molar-refractivity contribution in [3.05, 3.63) is 16.3 Å². The van der Waals surface area contributed by atoms with E-state index in [0.29, 0.717) is 6.04 Å². The molecular formula is C11H20N4O. The summed E-state index contributed by atoms with van der Waals surface area (Å²) in [6, 6.07) is 0.189. The van der Waals surface area contributed by atoms with Gasteiger partial charge in [0.05, 0.1) is 6.04 Å². The van der Waals surface area contributed by atoms with Gasteiger partial charge in [-0.1, -0.05) is 26.2 Å². The Morgan fingerprint density at radius 1 is 1.56 bits per heavy atom. The third-order valence-electron chi connectivity index (χ3n) is 3.35. The molecule has 1 heterocycles. The smallest absolute Gasteiger partial charge is 0.321 e. The van der Waals surface area contributed by atoms with Crippen LogP contribution in [0.2, 0.25) is 0 Å². The number of H-pyrrole nitrogens is 1. The average molecular weight is 224 g/mol. The molecule has 0 amide bonds. The molecule has 1 atom stereocenters. The first-order chi connectivity index (χ1) is 7.74. The molecule has 1 saturated carbocycles. The number of nitrogens with one attached hydrogen (secondary N) is 1. The van der Waals surface area contributed by atoms with Crippen LogP contribution in [0, 0.1) is 0 Å². The third kappa shape index (κ3) is 2.04. The molecule has 16 heavy (non-hydrogen) atoms. The molecule has 0 spiro atoms. The Kier molecular flexibility index (Phi) is 3.43. The van der Waals surface area contributed by atoms with Gasteiger partial charge < -0.3 is 5.73 Å². The Hall–Kier alpha value is -1.10. The van der Waals surface area contributed by atoms with Crippen LogP contribution in [0.15, 0.2) is 4.79 Å². The Morgan fingerprint density at radius 2 is 2.25 bits per heavy atom. The van der Waals surface area contributed by atoms with Gasteiger partial charge in [0.1, 0.15) is 0 Å². The second kappa shape index (κ2) is 4.82. The van der Waals surface area contributed by atoms with Gasteiger partial charge in [-0.05, 0) is 19.3 Å². The molecule has 5 heteroatoms. The van der Waals surface area contributed by atoms with Gasteiger partial charge in [0.2, 0.25) is 0 Å². The van der Waals surface area contributed by atoms with Crippen molar-refractivity contribution in [1.82, 2.24) is 14.8 Å². The molecule has 0 aliphatic heterocycles. The highest BCUT2D eigenvalue weighted by Gasteiger charge is 2.24. The monoisotopic (exact) mass is 224 g/mol. The quantitative estimate of drug-likeness (QED) is 0.813. The predicted octanol–water partition coefficient (Wildman–Crippen LogP) is 1.49. The largest absolute Gasteiger partial charge is 0.343 e. The van der Waals surface area contributed by atoms with Crippen molar-refractivity contribution < 1.29 is 0 Å². The summed E-state index contributed by atoms with van der Waals surface area (Å²) in [5.41, 5.74) is 5.94. The standard InChI is InChI=1S/C11H20N4O/c1-2-5-9(12)10-13-14-11(16)15(10)8-6-3-4-7-8/h8-9H,2-7,12H2,1H3,(H,14,16). The normalized spacial score (nSPS) is 19.1. The van der Waals surface area contributed by atoms with E-state index in [1.807, 2.05) is 0 Å². The zero-order valence-corrected chi connectivity index (χ0v) is 9.78. The number of rotatable bonds is 4. The fraction of sp³-hybridized carbons (Fsp3) is 0.818. The van der Waals surface area contributed by atoms with Crippen LogP contribution < -0.4 is 11.4 Å². The molecule has 1 aromatic heterocycles. The van der Waals surface area contributed by atoms with Gasteiger partial charge in [-0.25, -0.2) is 9.89 Å². The van der Waals surface area contributed by atoms with Crippen LogP contribution in [0.25, 0.3) is 0 Å². The second-order valence-corrected chi connectivity index (χ2v) is 4.59. The van der Waals surface area contributed by atoms with Gasteiger partial charge in [0, 0.05) is 6.04 Å². The van der Waals surface area contributed by atoms with Crippen LogP contribution in [0.4, 0.5) is 0 Å². The number of aromatic nitrogens is 3. The summed E-state index contributed by atoms with van der Waals surface area (Å²) in [4.78, 5) is 11.7. The summed E-state index contributed by atoms with van der Waals surface area (Å²) in [5, 5.41) is 6.61. The van der Waals surface area contributed by atoms with Crippen molar-refractivity contribution >= 4 is 0 Å². The van der Waals surface area contributed by atoms with Gasteiger partial charge >= 0.3 is 5.69 Å². The number of hydrogen-bond donors (Lipinski definition) is 2. The minimum atomic E-state index is -0.121. The fourth-order valence-electron chi connectivity index (χ4n) is 2.53. The summed E-state index contributed by atoms with van der Waals surface area (Å²) in [5.74, 6) is 0.735. The van der Waals surface area contributed by atoms with Crippen molar-refractivity contribution in [2.24, 2.45) is 5.73 Å². The van der Waals surface area contributed by atoms with E-state index >= 15 is 0 Å². The molecule has 90 valence electrons. The molecule has 1 aliphatic carbocycles. The number of nitrogens with zero attached hydrogens (tertiary/aromatic N) is 2. The maximum absolute atomic E-state index is 11.7. The van der Waals surface area contributed by atoms with E-state index < -0.39 is 0 Å². The lowest BCUT2D eigenvalue weighted by atomic mass is 10.1. The lowest BCUT2D eigenvalue weighted by Crippen LogP contribution is -2.26. The van der Waals surface area contributed by atoms with Crippen molar-refractivity contribution in [3.8, 4) is 0 Å². The Balaban J connectivity index is 2.27. The van der Waals surface area contributed by atoms with Gasteiger partial charge in [-0.3, -0.25) is 4.57 Å². The van der Waals surface area contributed by atoms with Crippen molar-refractivity contribution in [2.45, 2.75) is 57.5 Å². The van der Waals surface area contributed by atoms with Gasteiger partial charge in [0.25, 0.3) is 0 Å². The molecule has 0 saturated heterocycles. The first-order valence-electron chi connectivity index (χ1n) is 6.16. The van der Waals surface area contributed by atoms with Crippen molar-refractivity contribution in [2.75, 3.05) is 0 Å². The van der Waals surface area contributed by atoms with Crippen LogP contribution in [0.1, 0.15) is 63.4 Å². The topological polar surface area (TPSA) is 76.7 Å². The molecule has 3 N–H and O–H groups in total. The molecule has 0 aromatic carbocycles. The van der Waals surface area contributed by atoms with E-state index in [9.17, 15) is 4.79 Å². The lowest BCUT2D eigenvalue weighted by molar-refractivity contribution is 0.456. The number of nitrogens with two attached hydrogens (primary N) is 1. The summed E-state index contributed by atoms with van der Waals surface area (Å²) in [6.07, 6.45) is 6.43. The molecule has 1 aromatic rings. The minimum Gasteiger partial charge on any atom is -0.321 e. The molecule has 0 bridgehead atoms. The summed E-state index contributed by atoms with van der Waals surface area (Å²) in [7, 11) is 0. The van der Waals surface area contributed by atoms with Gasteiger partial charge in [0.15, 0.2) is 5.82 Å². The van der Waals surface area contributed by atoms with E-state index in [2.05, 4.69) is 17.1 Å². The molecule has 2 rings (SSSR count). The number of hydrogen-bond acceptors (Lipinski definition) is 3. The van der Waals surface area contributed by atoms with E-state index in [-0.39, 0.29) is 11.7 Å². The fourth-order valence-corrected chi connectivity index (χ4v) is 2.53. The molecular weight excluding hydrogens is 204 g/mol. The van der Waals surface area contributed by atoms with Crippen LogP contribution in [0.3, 0.4) is 0 Å². The van der Waals surface area contributed by atoms with Gasteiger partial charge in [-0.15, -0.1) is 0 Å². The third-order valence-corrected chi connectivity index (χ3v) is 3.35. The molecule has 1 unspecified atom stereocenters. The highest BCUT2D eigenvalue weighted by molar-refractivity contribution is 4.97. The molecule has 1 aliphatic rings. The summed E-state index contributed by atoms with van der Waals surface area (Å²) >= 11 is 0. The van der Waals surface area contributed by atoms with E-state index in [1.54, 1.807) is 4.57 Å². The Morgan fingerprint density at radius 3 is 2.88 bits per heavy atom. The van der Waals surface area contributed by atoms with Crippen LogP contribution in [0.5, 0.6) is 0 Å². The van der Waals surface area contributed by atoms with Crippen LogP contribution in [-0.4, -0.2) is 14.8 Å². The molecule has 5 nitrogen and oxygen atoms in total. The first-order valence-corrected chi connectivity index (χ1v) is 6.16. The van der Waals surface area contributed by atoms with E-state index in [4.69, 9.17) is 5.73 Å². The summed E-state index contributed by atoms with van der Waals surface area (Å²) in [6.45, 7) is 2.09. The lowest BCUT2D eigenvalue weighted by Gasteiger charge is -2.16. The highest BCUT2D eigenvalue weighted by atomic mass is 16.1. The average Bonchev–Trinajstić information content (AvgIpc) is 2.86. The van der Waals surface area contributed by atoms with E-state index in [1.165, 1.54) is 12.8 Å². The van der Waals surface area contributed by atoms with Crippen molar-refractivity contribution in [1.29, 1.82) is 0 Å². The number of aromatic amines is 1. The zero-order chi connectivity index (χ0) is 11.5.